The Hall–Kier alpha value is -1.39. The summed E-state index contributed by atoms with van der Waals surface area (Å²) in [5, 5.41) is 2.91. The van der Waals surface area contributed by atoms with E-state index in [4.69, 9.17) is 5.73 Å². The quantitative estimate of drug-likeness (QED) is 0.760. The zero-order valence-corrected chi connectivity index (χ0v) is 12.9. The number of hydrogen-bond acceptors (Lipinski definition) is 3. The number of carbonyl (C=O) groups is 1. The van der Waals surface area contributed by atoms with E-state index >= 15 is 0 Å². The van der Waals surface area contributed by atoms with E-state index in [-0.39, 0.29) is 11.9 Å². The number of amides is 1. The summed E-state index contributed by atoms with van der Waals surface area (Å²) in [6.07, 6.45) is 1.41. The summed E-state index contributed by atoms with van der Waals surface area (Å²) in [4.78, 5) is 14.0. The van der Waals surface area contributed by atoms with Crippen molar-refractivity contribution in [3.63, 3.8) is 0 Å². The summed E-state index contributed by atoms with van der Waals surface area (Å²) in [5.41, 5.74) is 8.37. The lowest BCUT2D eigenvalue weighted by Crippen LogP contribution is -2.41. The maximum Gasteiger partial charge on any atom is 0.221 e. The molecule has 1 rings (SSSR count). The number of likely N-dealkylation sites (N-methyl/N-ethyl adjacent to an activating group) is 1. The van der Waals surface area contributed by atoms with Gasteiger partial charge in [0.05, 0.1) is 0 Å². The van der Waals surface area contributed by atoms with Crippen LogP contribution in [0, 0.1) is 6.92 Å². The lowest BCUT2D eigenvalue weighted by Gasteiger charge is -2.27. The van der Waals surface area contributed by atoms with Gasteiger partial charge in [-0.2, -0.15) is 0 Å². The molecule has 1 unspecified atom stereocenters. The second-order valence-electron chi connectivity index (χ2n) is 5.29. The van der Waals surface area contributed by atoms with Gasteiger partial charge in [0.2, 0.25) is 5.91 Å². The highest BCUT2D eigenvalue weighted by molar-refractivity contribution is 5.76. The summed E-state index contributed by atoms with van der Waals surface area (Å²) < 4.78 is 0. The number of benzene rings is 1. The van der Waals surface area contributed by atoms with Gasteiger partial charge in [-0.05, 0) is 31.5 Å². The minimum absolute atomic E-state index is 0.0754. The Bertz CT molecular complexity index is 420. The number of nitrogens with one attached hydrogen (secondary N) is 1. The van der Waals surface area contributed by atoms with Crippen LogP contribution in [0.5, 0.6) is 0 Å². The van der Waals surface area contributed by atoms with Gasteiger partial charge in [-0.3, -0.25) is 9.69 Å². The Labute approximate surface area is 122 Å². The molecule has 1 aromatic carbocycles. The van der Waals surface area contributed by atoms with E-state index in [9.17, 15) is 4.79 Å². The highest BCUT2D eigenvalue weighted by Gasteiger charge is 2.17. The average Bonchev–Trinajstić information content (AvgIpc) is 2.44. The van der Waals surface area contributed by atoms with Crippen molar-refractivity contribution < 1.29 is 4.79 Å². The third kappa shape index (κ3) is 5.31. The highest BCUT2D eigenvalue weighted by Crippen LogP contribution is 2.12. The van der Waals surface area contributed by atoms with Crippen LogP contribution < -0.4 is 11.1 Å². The van der Waals surface area contributed by atoms with Crippen LogP contribution in [0.4, 0.5) is 0 Å². The van der Waals surface area contributed by atoms with Crippen molar-refractivity contribution in [2.24, 2.45) is 5.73 Å². The Kier molecular flexibility index (Phi) is 7.26. The molecule has 0 spiro atoms. The fourth-order valence-electron chi connectivity index (χ4n) is 2.15. The normalized spacial score (nSPS) is 12.4. The topological polar surface area (TPSA) is 58.4 Å². The van der Waals surface area contributed by atoms with E-state index < -0.39 is 0 Å². The van der Waals surface area contributed by atoms with Crippen LogP contribution in [0.3, 0.4) is 0 Å². The number of hydrogen-bond donors (Lipinski definition) is 2. The summed E-state index contributed by atoms with van der Waals surface area (Å²) in [6, 6.07) is 8.39. The Morgan fingerprint density at radius 2 is 2.10 bits per heavy atom. The second kappa shape index (κ2) is 8.72. The van der Waals surface area contributed by atoms with Gasteiger partial charge in [-0.1, -0.05) is 31.2 Å². The van der Waals surface area contributed by atoms with Crippen LogP contribution in [0.1, 0.15) is 30.9 Å². The Balaban J connectivity index is 2.56. The van der Waals surface area contributed by atoms with Gasteiger partial charge >= 0.3 is 0 Å². The second-order valence-corrected chi connectivity index (χ2v) is 5.29. The fourth-order valence-corrected chi connectivity index (χ4v) is 2.15. The van der Waals surface area contributed by atoms with Crippen LogP contribution in [0.15, 0.2) is 24.3 Å². The molecule has 3 N–H and O–H groups in total. The lowest BCUT2D eigenvalue weighted by atomic mass is 10.1. The van der Waals surface area contributed by atoms with Crippen LogP contribution in [-0.2, 0) is 11.3 Å². The Morgan fingerprint density at radius 1 is 1.40 bits per heavy atom. The molecule has 20 heavy (non-hydrogen) atoms. The summed E-state index contributed by atoms with van der Waals surface area (Å²) in [5.74, 6) is 0.0823. The van der Waals surface area contributed by atoms with Crippen LogP contribution >= 0.6 is 0 Å². The number of carbonyl (C=O) groups excluding carboxylic acids is 1. The molecule has 0 heterocycles. The average molecular weight is 277 g/mol. The molecule has 0 radical (unpaired) electrons. The predicted octanol–water partition coefficient (Wildman–Crippen LogP) is 1.67. The summed E-state index contributed by atoms with van der Waals surface area (Å²) in [6.45, 7) is 6.19. The molecule has 1 amide bonds. The first-order valence-electron chi connectivity index (χ1n) is 7.30. The standard InChI is InChI=1S/C16H27N3O/c1-4-9-18-16(20)10-15(11-17)19(3)12-14-8-6-5-7-13(14)2/h5-8,15H,4,9-12,17H2,1-3H3,(H,18,20). The van der Waals surface area contributed by atoms with Crippen molar-refractivity contribution in [1.29, 1.82) is 0 Å². The third-order valence-corrected chi connectivity index (χ3v) is 3.57. The number of rotatable bonds is 8. The maximum atomic E-state index is 11.8. The first kappa shape index (κ1) is 16.7. The van der Waals surface area contributed by atoms with Gasteiger partial charge in [0, 0.05) is 32.1 Å². The summed E-state index contributed by atoms with van der Waals surface area (Å²) >= 11 is 0. The molecule has 112 valence electrons. The molecule has 4 heteroatoms. The Morgan fingerprint density at radius 3 is 2.70 bits per heavy atom. The third-order valence-electron chi connectivity index (χ3n) is 3.57. The zero-order chi connectivity index (χ0) is 15.0. The molecule has 0 fully saturated rings. The van der Waals surface area contributed by atoms with E-state index in [0.29, 0.717) is 13.0 Å². The van der Waals surface area contributed by atoms with Crippen molar-refractivity contribution in [2.75, 3.05) is 20.1 Å². The van der Waals surface area contributed by atoms with Gasteiger partial charge in [-0.25, -0.2) is 0 Å². The van der Waals surface area contributed by atoms with E-state index in [1.165, 1.54) is 11.1 Å². The molecule has 0 aromatic heterocycles. The van der Waals surface area contributed by atoms with E-state index in [2.05, 4.69) is 29.3 Å². The van der Waals surface area contributed by atoms with Crippen molar-refractivity contribution in [3.05, 3.63) is 35.4 Å². The zero-order valence-electron chi connectivity index (χ0n) is 12.9. The van der Waals surface area contributed by atoms with Crippen LogP contribution in [0.2, 0.25) is 0 Å². The molecule has 0 saturated heterocycles. The van der Waals surface area contributed by atoms with Gasteiger partial charge in [0.25, 0.3) is 0 Å². The van der Waals surface area contributed by atoms with E-state index in [0.717, 1.165) is 19.5 Å². The van der Waals surface area contributed by atoms with Crippen molar-refractivity contribution in [3.8, 4) is 0 Å². The van der Waals surface area contributed by atoms with Gasteiger partial charge in [-0.15, -0.1) is 0 Å². The molecule has 4 nitrogen and oxygen atoms in total. The van der Waals surface area contributed by atoms with Crippen molar-refractivity contribution in [2.45, 2.75) is 39.3 Å². The molecule has 0 saturated carbocycles. The van der Waals surface area contributed by atoms with Crippen molar-refractivity contribution >= 4 is 5.91 Å². The fraction of sp³-hybridized carbons (Fsp3) is 0.562. The van der Waals surface area contributed by atoms with E-state index in [1.807, 2.05) is 26.1 Å². The maximum absolute atomic E-state index is 11.8. The smallest absolute Gasteiger partial charge is 0.221 e. The lowest BCUT2D eigenvalue weighted by molar-refractivity contribution is -0.122. The molecular weight excluding hydrogens is 250 g/mol. The molecule has 0 aliphatic carbocycles. The first-order valence-corrected chi connectivity index (χ1v) is 7.30. The molecule has 1 atom stereocenters. The minimum Gasteiger partial charge on any atom is -0.356 e. The summed E-state index contributed by atoms with van der Waals surface area (Å²) in [7, 11) is 2.02. The highest BCUT2D eigenvalue weighted by atomic mass is 16.1. The monoisotopic (exact) mass is 277 g/mol. The van der Waals surface area contributed by atoms with E-state index in [1.54, 1.807) is 0 Å². The largest absolute Gasteiger partial charge is 0.356 e. The number of nitrogens with zero attached hydrogens (tertiary/aromatic N) is 1. The SMILES string of the molecule is CCCNC(=O)CC(CN)N(C)Cc1ccccc1C. The van der Waals surface area contributed by atoms with Gasteiger partial charge < -0.3 is 11.1 Å². The first-order chi connectivity index (χ1) is 9.58. The molecular formula is C16H27N3O. The molecule has 0 bridgehead atoms. The number of nitrogens with two attached hydrogens (primary N) is 1. The van der Waals surface area contributed by atoms with Gasteiger partial charge in [0.1, 0.15) is 0 Å². The molecule has 1 aromatic rings. The minimum atomic E-state index is 0.0754. The van der Waals surface area contributed by atoms with Crippen LogP contribution in [-0.4, -0.2) is 37.0 Å². The van der Waals surface area contributed by atoms with Gasteiger partial charge in [0.15, 0.2) is 0 Å². The van der Waals surface area contributed by atoms with Crippen LogP contribution in [0.25, 0.3) is 0 Å². The predicted molar refractivity (Wildman–Crippen MR) is 83.4 cm³/mol. The molecule has 0 aliphatic heterocycles. The van der Waals surface area contributed by atoms with Crippen molar-refractivity contribution in [1.82, 2.24) is 10.2 Å². The molecule has 0 aliphatic rings. The number of aryl methyl sites for hydroxylation is 1.